The van der Waals surface area contributed by atoms with Crippen molar-refractivity contribution >= 4 is 0 Å². The van der Waals surface area contributed by atoms with E-state index in [0.717, 1.165) is 30.0 Å². The number of rotatable bonds is 7. The SMILES string of the molecule is COc1cccc(CNC(C)Cc2ccccc2)c1OC. The van der Waals surface area contributed by atoms with Crippen molar-refractivity contribution in [2.45, 2.75) is 25.9 Å². The van der Waals surface area contributed by atoms with Crippen molar-refractivity contribution in [3.63, 3.8) is 0 Å². The van der Waals surface area contributed by atoms with Crippen LogP contribution in [-0.4, -0.2) is 20.3 Å². The topological polar surface area (TPSA) is 30.5 Å². The van der Waals surface area contributed by atoms with Gasteiger partial charge < -0.3 is 14.8 Å². The van der Waals surface area contributed by atoms with Crippen LogP contribution in [-0.2, 0) is 13.0 Å². The molecule has 0 radical (unpaired) electrons. The largest absolute Gasteiger partial charge is 0.493 e. The molecule has 0 fully saturated rings. The van der Waals surface area contributed by atoms with Crippen LogP contribution in [0.2, 0.25) is 0 Å². The third-order valence-corrected chi connectivity index (χ3v) is 3.51. The van der Waals surface area contributed by atoms with Gasteiger partial charge in [0.1, 0.15) is 0 Å². The Labute approximate surface area is 126 Å². The van der Waals surface area contributed by atoms with E-state index in [0.29, 0.717) is 6.04 Å². The van der Waals surface area contributed by atoms with Gasteiger partial charge in [0.05, 0.1) is 14.2 Å². The average Bonchev–Trinajstić information content (AvgIpc) is 2.53. The highest BCUT2D eigenvalue weighted by atomic mass is 16.5. The van der Waals surface area contributed by atoms with Crippen LogP contribution in [0.5, 0.6) is 11.5 Å². The fourth-order valence-corrected chi connectivity index (χ4v) is 2.42. The molecule has 1 unspecified atom stereocenters. The highest BCUT2D eigenvalue weighted by Gasteiger charge is 2.10. The Morgan fingerprint density at radius 2 is 1.71 bits per heavy atom. The Morgan fingerprint density at radius 3 is 2.38 bits per heavy atom. The normalized spacial score (nSPS) is 12.0. The van der Waals surface area contributed by atoms with Crippen molar-refractivity contribution < 1.29 is 9.47 Å². The minimum Gasteiger partial charge on any atom is -0.493 e. The van der Waals surface area contributed by atoms with E-state index in [1.807, 2.05) is 18.2 Å². The first kappa shape index (κ1) is 15.4. The first-order chi connectivity index (χ1) is 10.2. The molecule has 3 nitrogen and oxygen atoms in total. The summed E-state index contributed by atoms with van der Waals surface area (Å²) in [6.45, 7) is 2.95. The minimum atomic E-state index is 0.392. The van der Waals surface area contributed by atoms with E-state index in [4.69, 9.17) is 9.47 Å². The van der Waals surface area contributed by atoms with Crippen molar-refractivity contribution in [3.05, 3.63) is 59.7 Å². The highest BCUT2D eigenvalue weighted by Crippen LogP contribution is 2.30. The maximum atomic E-state index is 5.45. The van der Waals surface area contributed by atoms with E-state index in [1.54, 1.807) is 14.2 Å². The zero-order valence-corrected chi connectivity index (χ0v) is 12.9. The second kappa shape index (κ2) is 7.70. The molecule has 21 heavy (non-hydrogen) atoms. The van der Waals surface area contributed by atoms with Gasteiger partial charge >= 0.3 is 0 Å². The number of hydrogen-bond acceptors (Lipinski definition) is 3. The molecule has 0 amide bonds. The average molecular weight is 285 g/mol. The molecule has 0 aliphatic heterocycles. The van der Waals surface area contributed by atoms with Crippen LogP contribution in [0, 0.1) is 0 Å². The van der Waals surface area contributed by atoms with Gasteiger partial charge in [0.25, 0.3) is 0 Å². The number of ether oxygens (including phenoxy) is 2. The van der Waals surface area contributed by atoms with E-state index >= 15 is 0 Å². The summed E-state index contributed by atoms with van der Waals surface area (Å²) in [6.07, 6.45) is 1.01. The summed E-state index contributed by atoms with van der Waals surface area (Å²) in [6, 6.07) is 16.9. The third kappa shape index (κ3) is 4.23. The van der Waals surface area contributed by atoms with Gasteiger partial charge in [0.2, 0.25) is 0 Å². The van der Waals surface area contributed by atoms with E-state index in [-0.39, 0.29) is 0 Å². The quantitative estimate of drug-likeness (QED) is 0.845. The fraction of sp³-hybridized carbons (Fsp3) is 0.333. The van der Waals surface area contributed by atoms with Crippen LogP contribution in [0.4, 0.5) is 0 Å². The van der Waals surface area contributed by atoms with Crippen LogP contribution < -0.4 is 14.8 Å². The summed E-state index contributed by atoms with van der Waals surface area (Å²) in [7, 11) is 3.34. The summed E-state index contributed by atoms with van der Waals surface area (Å²) in [5.74, 6) is 1.58. The van der Waals surface area contributed by atoms with E-state index < -0.39 is 0 Å². The molecule has 0 spiro atoms. The molecule has 0 aromatic heterocycles. The molecule has 0 bridgehead atoms. The maximum Gasteiger partial charge on any atom is 0.165 e. The van der Waals surface area contributed by atoms with E-state index in [2.05, 4.69) is 42.6 Å². The highest BCUT2D eigenvalue weighted by molar-refractivity contribution is 5.46. The standard InChI is InChI=1S/C18H23NO2/c1-14(12-15-8-5-4-6-9-15)19-13-16-10-7-11-17(20-2)18(16)21-3/h4-11,14,19H,12-13H2,1-3H3. The summed E-state index contributed by atoms with van der Waals surface area (Å²) in [5, 5.41) is 3.54. The summed E-state index contributed by atoms with van der Waals surface area (Å²) in [4.78, 5) is 0. The van der Waals surface area contributed by atoms with Crippen molar-refractivity contribution in [3.8, 4) is 11.5 Å². The summed E-state index contributed by atoms with van der Waals surface area (Å²) < 4.78 is 10.8. The second-order valence-electron chi connectivity index (χ2n) is 5.12. The molecule has 0 aliphatic rings. The zero-order valence-electron chi connectivity index (χ0n) is 12.9. The Bertz CT molecular complexity index is 554. The van der Waals surface area contributed by atoms with E-state index in [1.165, 1.54) is 5.56 Å². The van der Waals surface area contributed by atoms with Crippen molar-refractivity contribution in [1.82, 2.24) is 5.32 Å². The second-order valence-corrected chi connectivity index (χ2v) is 5.12. The Kier molecular flexibility index (Phi) is 5.64. The lowest BCUT2D eigenvalue weighted by molar-refractivity contribution is 0.350. The first-order valence-corrected chi connectivity index (χ1v) is 7.21. The van der Waals surface area contributed by atoms with Gasteiger partial charge in [-0.15, -0.1) is 0 Å². The monoisotopic (exact) mass is 285 g/mol. The molecular formula is C18H23NO2. The van der Waals surface area contributed by atoms with Gasteiger partial charge in [0, 0.05) is 18.2 Å². The molecule has 0 saturated heterocycles. The molecule has 0 aliphatic carbocycles. The van der Waals surface area contributed by atoms with Gasteiger partial charge in [-0.3, -0.25) is 0 Å². The van der Waals surface area contributed by atoms with Crippen LogP contribution in [0.25, 0.3) is 0 Å². The lowest BCUT2D eigenvalue weighted by Gasteiger charge is -2.17. The maximum absolute atomic E-state index is 5.45. The number of benzene rings is 2. The van der Waals surface area contributed by atoms with Crippen LogP contribution in [0.3, 0.4) is 0 Å². The van der Waals surface area contributed by atoms with Crippen molar-refractivity contribution in [1.29, 1.82) is 0 Å². The third-order valence-electron chi connectivity index (χ3n) is 3.51. The molecule has 0 saturated carbocycles. The number of nitrogens with one attached hydrogen (secondary N) is 1. The molecule has 1 atom stereocenters. The fourth-order valence-electron chi connectivity index (χ4n) is 2.42. The van der Waals surface area contributed by atoms with Crippen molar-refractivity contribution in [2.75, 3.05) is 14.2 Å². The van der Waals surface area contributed by atoms with Gasteiger partial charge in [-0.05, 0) is 25.0 Å². The molecule has 1 N–H and O–H groups in total. The molecule has 3 heteroatoms. The Hall–Kier alpha value is -2.00. The van der Waals surface area contributed by atoms with Gasteiger partial charge in [-0.1, -0.05) is 42.5 Å². The van der Waals surface area contributed by atoms with Crippen LogP contribution in [0.1, 0.15) is 18.1 Å². The van der Waals surface area contributed by atoms with Crippen LogP contribution in [0.15, 0.2) is 48.5 Å². The number of hydrogen-bond donors (Lipinski definition) is 1. The predicted octanol–water partition coefficient (Wildman–Crippen LogP) is 3.42. The molecular weight excluding hydrogens is 262 g/mol. The molecule has 0 heterocycles. The zero-order chi connectivity index (χ0) is 15.1. The van der Waals surface area contributed by atoms with E-state index in [9.17, 15) is 0 Å². The minimum absolute atomic E-state index is 0.392. The Balaban J connectivity index is 1.96. The summed E-state index contributed by atoms with van der Waals surface area (Å²) >= 11 is 0. The predicted molar refractivity (Wildman–Crippen MR) is 86.0 cm³/mol. The Morgan fingerprint density at radius 1 is 0.952 bits per heavy atom. The van der Waals surface area contributed by atoms with Gasteiger partial charge in [-0.25, -0.2) is 0 Å². The molecule has 112 valence electrons. The van der Waals surface area contributed by atoms with Gasteiger partial charge in [0.15, 0.2) is 11.5 Å². The lowest BCUT2D eigenvalue weighted by Crippen LogP contribution is -2.27. The van der Waals surface area contributed by atoms with Crippen molar-refractivity contribution in [2.24, 2.45) is 0 Å². The first-order valence-electron chi connectivity index (χ1n) is 7.21. The smallest absolute Gasteiger partial charge is 0.165 e. The number of methoxy groups -OCH3 is 2. The molecule has 2 rings (SSSR count). The van der Waals surface area contributed by atoms with Crippen LogP contribution >= 0.6 is 0 Å². The number of para-hydroxylation sites is 1. The van der Waals surface area contributed by atoms with Gasteiger partial charge in [-0.2, -0.15) is 0 Å². The summed E-state index contributed by atoms with van der Waals surface area (Å²) in [5.41, 5.74) is 2.45. The molecule has 2 aromatic rings. The molecule has 2 aromatic carbocycles. The lowest BCUT2D eigenvalue weighted by atomic mass is 10.1.